The molecule has 32 heavy (non-hydrogen) atoms. The number of nitrogens with zero attached hydrogens (tertiary/aromatic N) is 2. The Hall–Kier alpha value is -3.09. The first-order valence-corrected chi connectivity index (χ1v) is 10.7. The van der Waals surface area contributed by atoms with Gasteiger partial charge in [-0.1, -0.05) is 48.9 Å². The molecule has 7 heteroatoms. The fourth-order valence-corrected chi connectivity index (χ4v) is 4.24. The third kappa shape index (κ3) is 4.29. The molecular weight excluding hydrogens is 417 g/mol. The molecule has 0 N–H and O–H groups in total. The van der Waals surface area contributed by atoms with Crippen molar-refractivity contribution < 1.29 is 22.8 Å². The van der Waals surface area contributed by atoms with Gasteiger partial charge in [-0.25, -0.2) is 0 Å². The van der Waals surface area contributed by atoms with E-state index in [2.05, 4.69) is 6.92 Å². The summed E-state index contributed by atoms with van der Waals surface area (Å²) in [6.45, 7) is 5.23. The number of carbonyl (C=O) groups excluding carboxylic acids is 2. The molecule has 2 aromatic rings. The molecule has 2 aliphatic rings. The van der Waals surface area contributed by atoms with Crippen LogP contribution >= 0.6 is 0 Å². The van der Waals surface area contributed by atoms with Crippen molar-refractivity contribution in [3.8, 4) is 0 Å². The molecule has 0 aliphatic carbocycles. The van der Waals surface area contributed by atoms with E-state index in [1.807, 2.05) is 36.1 Å². The van der Waals surface area contributed by atoms with E-state index in [-0.39, 0.29) is 12.1 Å². The Kier molecular flexibility index (Phi) is 5.84. The van der Waals surface area contributed by atoms with E-state index in [9.17, 15) is 22.8 Å². The van der Waals surface area contributed by atoms with E-state index < -0.39 is 23.6 Å². The Morgan fingerprint density at radius 1 is 0.969 bits per heavy atom. The van der Waals surface area contributed by atoms with Crippen molar-refractivity contribution in [3.05, 3.63) is 76.5 Å². The Bertz CT molecular complexity index is 1070. The highest BCUT2D eigenvalue weighted by atomic mass is 19.4. The van der Waals surface area contributed by atoms with Gasteiger partial charge in [0.25, 0.3) is 11.8 Å². The number of halogens is 3. The van der Waals surface area contributed by atoms with Crippen LogP contribution < -0.4 is 0 Å². The fourth-order valence-electron chi connectivity index (χ4n) is 4.24. The topological polar surface area (TPSA) is 40.6 Å². The number of aryl methyl sites for hydroxylation is 1. The average molecular weight is 442 g/mol. The second kappa shape index (κ2) is 8.45. The Morgan fingerprint density at radius 2 is 1.62 bits per heavy atom. The van der Waals surface area contributed by atoms with Crippen LogP contribution in [0.5, 0.6) is 0 Å². The van der Waals surface area contributed by atoms with Gasteiger partial charge in [0.05, 0.1) is 17.7 Å². The van der Waals surface area contributed by atoms with Crippen molar-refractivity contribution in [2.24, 2.45) is 5.92 Å². The van der Waals surface area contributed by atoms with Gasteiger partial charge in [0, 0.05) is 13.1 Å². The number of imide groups is 1. The summed E-state index contributed by atoms with van der Waals surface area (Å²) in [5, 5.41) is 0. The minimum absolute atomic E-state index is 0.204. The lowest BCUT2D eigenvalue weighted by atomic mass is 9.97. The number of carbonyl (C=O) groups is 2. The molecule has 0 spiro atoms. The summed E-state index contributed by atoms with van der Waals surface area (Å²) in [7, 11) is 0. The molecule has 1 fully saturated rings. The summed E-state index contributed by atoms with van der Waals surface area (Å²) in [6.07, 6.45) is -2.66. The predicted octanol–water partition coefficient (Wildman–Crippen LogP) is 5.03. The molecule has 4 rings (SSSR count). The van der Waals surface area contributed by atoms with Gasteiger partial charge in [-0.2, -0.15) is 13.2 Å². The largest absolute Gasteiger partial charge is 0.416 e. The van der Waals surface area contributed by atoms with Crippen molar-refractivity contribution in [3.63, 3.8) is 0 Å². The average Bonchev–Trinajstić information content (AvgIpc) is 2.99. The highest BCUT2D eigenvalue weighted by molar-refractivity contribution is 6.35. The number of hydrogen-bond acceptors (Lipinski definition) is 3. The Labute approximate surface area is 185 Å². The Balaban J connectivity index is 1.70. The quantitative estimate of drug-likeness (QED) is 0.624. The van der Waals surface area contributed by atoms with Crippen LogP contribution in [0.25, 0.3) is 5.57 Å². The van der Waals surface area contributed by atoms with Crippen molar-refractivity contribution in [2.75, 3.05) is 13.1 Å². The molecule has 0 atom stereocenters. The van der Waals surface area contributed by atoms with Crippen LogP contribution in [-0.2, 0) is 22.3 Å². The number of amides is 2. The molecule has 0 unspecified atom stereocenters. The molecule has 2 aliphatic heterocycles. The van der Waals surface area contributed by atoms with Gasteiger partial charge in [0.1, 0.15) is 5.70 Å². The smallest absolute Gasteiger partial charge is 0.366 e. The van der Waals surface area contributed by atoms with Crippen molar-refractivity contribution in [2.45, 2.75) is 39.4 Å². The molecule has 0 saturated carbocycles. The number of likely N-dealkylation sites (tertiary alicyclic amines) is 1. The van der Waals surface area contributed by atoms with Crippen LogP contribution in [-0.4, -0.2) is 34.7 Å². The Morgan fingerprint density at radius 3 is 2.25 bits per heavy atom. The first-order valence-electron chi connectivity index (χ1n) is 10.7. The molecule has 1 saturated heterocycles. The third-order valence-corrected chi connectivity index (χ3v) is 6.18. The van der Waals surface area contributed by atoms with Gasteiger partial charge in [0.15, 0.2) is 0 Å². The van der Waals surface area contributed by atoms with Gasteiger partial charge in [0.2, 0.25) is 0 Å². The summed E-state index contributed by atoms with van der Waals surface area (Å²) in [6, 6.07) is 12.2. The van der Waals surface area contributed by atoms with E-state index in [0.29, 0.717) is 35.8 Å². The molecule has 2 aromatic carbocycles. The van der Waals surface area contributed by atoms with Gasteiger partial charge in [-0.15, -0.1) is 0 Å². The maximum atomic E-state index is 13.4. The SMILES string of the molecule is Cc1ccc(C2=C(N3CCC(C)CC3)C(=O)N(Cc3cccc(C(F)(F)F)c3)C2=O)cc1. The van der Waals surface area contributed by atoms with Gasteiger partial charge in [-0.3, -0.25) is 14.5 Å². The molecule has 2 heterocycles. The lowest BCUT2D eigenvalue weighted by Crippen LogP contribution is -2.38. The van der Waals surface area contributed by atoms with E-state index in [1.54, 1.807) is 0 Å². The zero-order chi connectivity index (χ0) is 23.0. The summed E-state index contributed by atoms with van der Waals surface area (Å²) < 4.78 is 39.4. The molecule has 4 nitrogen and oxygen atoms in total. The van der Waals surface area contributed by atoms with E-state index in [4.69, 9.17) is 0 Å². The highest BCUT2D eigenvalue weighted by Gasteiger charge is 2.42. The van der Waals surface area contributed by atoms with Crippen LogP contribution in [0.3, 0.4) is 0 Å². The minimum Gasteiger partial charge on any atom is -0.366 e. The molecule has 2 amide bonds. The minimum atomic E-state index is -4.49. The van der Waals surface area contributed by atoms with E-state index in [0.717, 1.165) is 35.4 Å². The first-order chi connectivity index (χ1) is 15.1. The van der Waals surface area contributed by atoms with Crippen LogP contribution in [0.4, 0.5) is 13.2 Å². The lowest BCUT2D eigenvalue weighted by molar-refractivity contribution is -0.138. The van der Waals surface area contributed by atoms with Crippen molar-refractivity contribution in [1.29, 1.82) is 0 Å². The van der Waals surface area contributed by atoms with Crippen molar-refractivity contribution >= 4 is 17.4 Å². The molecule has 0 bridgehead atoms. The second-order valence-corrected chi connectivity index (χ2v) is 8.65. The third-order valence-electron chi connectivity index (χ3n) is 6.18. The number of hydrogen-bond donors (Lipinski definition) is 0. The number of piperidine rings is 1. The van der Waals surface area contributed by atoms with Crippen LogP contribution in [0.1, 0.15) is 42.0 Å². The van der Waals surface area contributed by atoms with Crippen LogP contribution in [0, 0.1) is 12.8 Å². The molecule has 168 valence electrons. The second-order valence-electron chi connectivity index (χ2n) is 8.65. The molecular formula is C25H25F3N2O2. The summed E-state index contributed by atoms with van der Waals surface area (Å²) >= 11 is 0. The van der Waals surface area contributed by atoms with Crippen molar-refractivity contribution in [1.82, 2.24) is 9.80 Å². The maximum Gasteiger partial charge on any atom is 0.416 e. The van der Waals surface area contributed by atoms with Crippen LogP contribution in [0.15, 0.2) is 54.2 Å². The number of benzene rings is 2. The molecule has 0 radical (unpaired) electrons. The van der Waals surface area contributed by atoms with Crippen LogP contribution in [0.2, 0.25) is 0 Å². The predicted molar refractivity (Wildman–Crippen MR) is 115 cm³/mol. The number of rotatable bonds is 4. The van der Waals surface area contributed by atoms with Gasteiger partial charge < -0.3 is 4.90 Å². The fraction of sp³-hybridized carbons (Fsp3) is 0.360. The highest BCUT2D eigenvalue weighted by Crippen LogP contribution is 2.35. The summed E-state index contributed by atoms with van der Waals surface area (Å²) in [5.74, 6) is -0.370. The monoisotopic (exact) mass is 442 g/mol. The van der Waals surface area contributed by atoms with Gasteiger partial charge >= 0.3 is 6.18 Å². The molecule has 0 aromatic heterocycles. The summed E-state index contributed by atoms with van der Waals surface area (Å²) in [5.41, 5.74) is 1.83. The normalized spacial score (nSPS) is 18.2. The summed E-state index contributed by atoms with van der Waals surface area (Å²) in [4.78, 5) is 29.8. The zero-order valence-corrected chi connectivity index (χ0v) is 18.1. The maximum absolute atomic E-state index is 13.4. The first kappa shape index (κ1) is 22.1. The zero-order valence-electron chi connectivity index (χ0n) is 18.1. The van der Waals surface area contributed by atoms with E-state index >= 15 is 0 Å². The lowest BCUT2D eigenvalue weighted by Gasteiger charge is -2.32. The number of alkyl halides is 3. The van der Waals surface area contributed by atoms with Gasteiger partial charge in [-0.05, 0) is 48.9 Å². The van der Waals surface area contributed by atoms with E-state index in [1.165, 1.54) is 12.1 Å². The standard InChI is InChI=1S/C25H25F3N2O2/c1-16-6-8-19(9-7-16)21-22(29-12-10-17(2)11-13-29)24(32)30(23(21)31)15-18-4-3-5-20(14-18)25(26,27)28/h3-9,14,17H,10-13,15H2,1-2H3.